The number of nitrogens with zero attached hydrogens (tertiary/aromatic N) is 2. The van der Waals surface area contributed by atoms with Gasteiger partial charge in [0.25, 0.3) is 5.91 Å². The number of aromatic nitrogens is 2. The Morgan fingerprint density at radius 3 is 3.00 bits per heavy atom. The van der Waals surface area contributed by atoms with Crippen molar-refractivity contribution < 1.29 is 4.79 Å². The van der Waals surface area contributed by atoms with Crippen molar-refractivity contribution in [3.8, 4) is 0 Å². The number of carbonyl (C=O) groups is 1. The van der Waals surface area contributed by atoms with Gasteiger partial charge >= 0.3 is 0 Å². The molecule has 1 aliphatic heterocycles. The lowest BCUT2D eigenvalue weighted by Gasteiger charge is -2.14. The molecule has 1 fully saturated rings. The molecule has 25 heavy (non-hydrogen) atoms. The van der Waals surface area contributed by atoms with Crippen LogP contribution in [0.4, 0.5) is 0 Å². The van der Waals surface area contributed by atoms with E-state index in [4.69, 9.17) is 0 Å². The molecule has 0 saturated carbocycles. The van der Waals surface area contributed by atoms with Gasteiger partial charge in [-0.3, -0.25) is 4.79 Å². The molecule has 0 radical (unpaired) electrons. The van der Waals surface area contributed by atoms with Gasteiger partial charge < -0.3 is 15.0 Å². The number of hydrogen-bond donors (Lipinski definition) is 2. The first-order valence-electron chi connectivity index (χ1n) is 8.82. The van der Waals surface area contributed by atoms with E-state index < -0.39 is 0 Å². The second-order valence-electron chi connectivity index (χ2n) is 6.46. The van der Waals surface area contributed by atoms with E-state index in [2.05, 4.69) is 26.1 Å². The minimum atomic E-state index is 0.0105. The molecular weight excluding hydrogens is 312 g/mol. The third-order valence-electron chi connectivity index (χ3n) is 4.87. The average Bonchev–Trinajstić information content (AvgIpc) is 3.32. The first-order chi connectivity index (χ1) is 12.3. The summed E-state index contributed by atoms with van der Waals surface area (Å²) in [6, 6.07) is 13.9. The smallest absolute Gasteiger partial charge is 0.251 e. The zero-order valence-corrected chi connectivity index (χ0v) is 14.1. The molecule has 1 amide bonds. The lowest BCUT2D eigenvalue weighted by atomic mass is 9.93. The number of fused-ring (bicyclic) bond motifs is 1. The number of carbonyl (C=O) groups excluding carboxylic acids is 1. The van der Waals surface area contributed by atoms with E-state index in [1.807, 2.05) is 48.8 Å². The van der Waals surface area contributed by atoms with Crippen molar-refractivity contribution in [2.45, 2.75) is 18.8 Å². The second-order valence-corrected chi connectivity index (χ2v) is 6.46. The van der Waals surface area contributed by atoms with E-state index in [1.165, 1.54) is 0 Å². The summed E-state index contributed by atoms with van der Waals surface area (Å²) in [5.74, 6) is 0.442. The highest BCUT2D eigenvalue weighted by atomic mass is 16.1. The maximum atomic E-state index is 12.7. The Kier molecular flexibility index (Phi) is 4.48. The summed E-state index contributed by atoms with van der Waals surface area (Å²) in [5.41, 5.74) is 3.99. The van der Waals surface area contributed by atoms with E-state index in [0.717, 1.165) is 48.4 Å². The van der Waals surface area contributed by atoms with Crippen LogP contribution >= 0.6 is 0 Å². The first kappa shape index (κ1) is 15.8. The standard InChI is InChI=1S/C20H22N4O/c25-20(18-6-2-1-5-17(18)15-8-10-21-13-15)22-11-9-16-14-23-19-7-3-4-12-24(16)19/h1-7,12,14-15,21H,8-11,13H2,(H,22,25)/t15-/m1/s1. The van der Waals surface area contributed by atoms with Crippen molar-refractivity contribution in [1.29, 1.82) is 0 Å². The quantitative estimate of drug-likeness (QED) is 0.753. The third-order valence-corrected chi connectivity index (χ3v) is 4.87. The summed E-state index contributed by atoms with van der Waals surface area (Å²) in [4.78, 5) is 17.0. The molecule has 1 aromatic carbocycles. The van der Waals surface area contributed by atoms with Crippen LogP contribution in [0.1, 0.15) is 34.0 Å². The van der Waals surface area contributed by atoms with Crippen LogP contribution in [-0.4, -0.2) is 34.9 Å². The van der Waals surface area contributed by atoms with E-state index in [1.54, 1.807) is 0 Å². The molecule has 128 valence electrons. The fourth-order valence-electron chi connectivity index (χ4n) is 3.55. The molecule has 5 nitrogen and oxygen atoms in total. The summed E-state index contributed by atoms with van der Waals surface area (Å²) in [6.45, 7) is 2.57. The topological polar surface area (TPSA) is 58.4 Å². The summed E-state index contributed by atoms with van der Waals surface area (Å²) in [5, 5.41) is 6.44. The van der Waals surface area contributed by atoms with Gasteiger partial charge in [-0.2, -0.15) is 0 Å². The van der Waals surface area contributed by atoms with Gasteiger partial charge in [-0.1, -0.05) is 24.3 Å². The predicted molar refractivity (Wildman–Crippen MR) is 97.9 cm³/mol. The Hall–Kier alpha value is -2.66. The van der Waals surface area contributed by atoms with Gasteiger partial charge in [-0.05, 0) is 42.6 Å². The number of imidazole rings is 1. The number of nitrogens with one attached hydrogen (secondary N) is 2. The highest BCUT2D eigenvalue weighted by molar-refractivity contribution is 5.95. The fraction of sp³-hybridized carbons (Fsp3) is 0.300. The molecule has 0 bridgehead atoms. The zero-order chi connectivity index (χ0) is 17.1. The minimum Gasteiger partial charge on any atom is -0.352 e. The molecule has 1 aliphatic rings. The largest absolute Gasteiger partial charge is 0.352 e. The van der Waals surface area contributed by atoms with Gasteiger partial charge in [0.15, 0.2) is 0 Å². The normalized spacial score (nSPS) is 17.0. The van der Waals surface area contributed by atoms with Gasteiger partial charge in [0.2, 0.25) is 0 Å². The number of hydrogen-bond acceptors (Lipinski definition) is 3. The molecular formula is C20H22N4O. The molecule has 3 aromatic rings. The second kappa shape index (κ2) is 7.07. The van der Waals surface area contributed by atoms with Gasteiger partial charge in [-0.15, -0.1) is 0 Å². The van der Waals surface area contributed by atoms with Crippen LogP contribution in [0.25, 0.3) is 5.65 Å². The maximum absolute atomic E-state index is 12.7. The first-order valence-corrected chi connectivity index (χ1v) is 8.82. The van der Waals surface area contributed by atoms with Crippen molar-refractivity contribution in [3.05, 3.63) is 71.7 Å². The number of rotatable bonds is 5. The Labute approximate surface area is 147 Å². The minimum absolute atomic E-state index is 0.0105. The monoisotopic (exact) mass is 334 g/mol. The van der Waals surface area contributed by atoms with Crippen LogP contribution in [0, 0.1) is 0 Å². The fourth-order valence-corrected chi connectivity index (χ4v) is 3.55. The molecule has 5 heteroatoms. The summed E-state index contributed by atoms with van der Waals surface area (Å²) >= 11 is 0. The molecule has 1 atom stereocenters. The average molecular weight is 334 g/mol. The Morgan fingerprint density at radius 1 is 1.24 bits per heavy atom. The van der Waals surface area contributed by atoms with E-state index >= 15 is 0 Å². The van der Waals surface area contributed by atoms with Crippen molar-refractivity contribution in [2.75, 3.05) is 19.6 Å². The third kappa shape index (κ3) is 3.28. The van der Waals surface area contributed by atoms with Gasteiger partial charge in [0, 0.05) is 43.2 Å². The van der Waals surface area contributed by atoms with Crippen molar-refractivity contribution in [3.63, 3.8) is 0 Å². The summed E-state index contributed by atoms with van der Waals surface area (Å²) in [6.07, 6.45) is 5.72. The molecule has 2 aromatic heterocycles. The van der Waals surface area contributed by atoms with Crippen molar-refractivity contribution in [1.82, 2.24) is 20.0 Å². The lowest BCUT2D eigenvalue weighted by Crippen LogP contribution is -2.27. The number of amides is 1. The van der Waals surface area contributed by atoms with Crippen LogP contribution in [0.3, 0.4) is 0 Å². The number of benzene rings is 1. The lowest BCUT2D eigenvalue weighted by molar-refractivity contribution is 0.0952. The van der Waals surface area contributed by atoms with Crippen LogP contribution in [0.5, 0.6) is 0 Å². The van der Waals surface area contributed by atoms with E-state index in [0.29, 0.717) is 12.5 Å². The van der Waals surface area contributed by atoms with Gasteiger partial charge in [0.05, 0.1) is 0 Å². The SMILES string of the molecule is O=C(NCCc1cnc2ccccn12)c1ccccc1[C@@H]1CCNC1. The Bertz CT molecular complexity index is 880. The summed E-state index contributed by atoms with van der Waals surface area (Å²) in [7, 11) is 0. The summed E-state index contributed by atoms with van der Waals surface area (Å²) < 4.78 is 2.06. The molecule has 0 unspecified atom stereocenters. The predicted octanol–water partition coefficient (Wildman–Crippen LogP) is 2.38. The Morgan fingerprint density at radius 2 is 2.12 bits per heavy atom. The molecule has 2 N–H and O–H groups in total. The number of pyridine rings is 1. The van der Waals surface area contributed by atoms with Crippen molar-refractivity contribution >= 4 is 11.6 Å². The zero-order valence-electron chi connectivity index (χ0n) is 14.1. The van der Waals surface area contributed by atoms with Crippen LogP contribution < -0.4 is 10.6 Å². The molecule has 0 aliphatic carbocycles. The van der Waals surface area contributed by atoms with Gasteiger partial charge in [0.1, 0.15) is 5.65 Å². The molecule has 1 saturated heterocycles. The van der Waals surface area contributed by atoms with Crippen LogP contribution in [0.2, 0.25) is 0 Å². The highest BCUT2D eigenvalue weighted by Gasteiger charge is 2.21. The van der Waals surface area contributed by atoms with E-state index in [9.17, 15) is 4.79 Å². The maximum Gasteiger partial charge on any atom is 0.251 e. The van der Waals surface area contributed by atoms with Crippen LogP contribution in [0.15, 0.2) is 54.9 Å². The molecule has 0 spiro atoms. The Balaban J connectivity index is 1.43. The highest BCUT2D eigenvalue weighted by Crippen LogP contribution is 2.25. The van der Waals surface area contributed by atoms with Gasteiger partial charge in [-0.25, -0.2) is 4.98 Å². The molecule has 3 heterocycles. The van der Waals surface area contributed by atoms with Crippen molar-refractivity contribution in [2.24, 2.45) is 0 Å². The van der Waals surface area contributed by atoms with Crippen LogP contribution in [-0.2, 0) is 6.42 Å². The molecule has 4 rings (SSSR count). The van der Waals surface area contributed by atoms with E-state index in [-0.39, 0.29) is 5.91 Å².